The molecule has 4 nitrogen and oxygen atoms in total. The Morgan fingerprint density at radius 3 is 2.42 bits per heavy atom. The van der Waals surface area contributed by atoms with Gasteiger partial charge >= 0.3 is 5.97 Å². The third-order valence-electron chi connectivity index (χ3n) is 2.74. The first-order valence-electron chi connectivity index (χ1n) is 5.84. The van der Waals surface area contributed by atoms with E-state index < -0.39 is 17.2 Å². The Balaban J connectivity index is 2.84. The summed E-state index contributed by atoms with van der Waals surface area (Å²) in [5.41, 5.74) is -0.448. The lowest BCUT2D eigenvalue weighted by Gasteiger charge is -2.21. The highest BCUT2D eigenvalue weighted by molar-refractivity contribution is 5.96. The predicted molar refractivity (Wildman–Crippen MR) is 67.9 cm³/mol. The minimum atomic E-state index is -0.960. The highest BCUT2D eigenvalue weighted by atomic mass is 19.1. The topological polar surface area (TPSA) is 63.6 Å². The van der Waals surface area contributed by atoms with E-state index in [0.29, 0.717) is 0 Å². The summed E-state index contributed by atoms with van der Waals surface area (Å²) < 4.78 is 18.3. The molecule has 0 saturated carbocycles. The Labute approximate surface area is 111 Å². The Morgan fingerprint density at radius 2 is 1.95 bits per heavy atom. The van der Waals surface area contributed by atoms with Crippen molar-refractivity contribution in [2.75, 3.05) is 7.11 Å². The van der Waals surface area contributed by atoms with Crippen LogP contribution in [0.5, 0.6) is 5.75 Å². The lowest BCUT2D eigenvalue weighted by molar-refractivity contribution is -0.139. The molecule has 0 atom stereocenters. The molecule has 5 heteroatoms. The van der Waals surface area contributed by atoms with Crippen LogP contribution in [0.3, 0.4) is 0 Å². The summed E-state index contributed by atoms with van der Waals surface area (Å²) in [6.45, 7) is 3.39. The molecule has 0 aliphatic carbocycles. The van der Waals surface area contributed by atoms with Crippen molar-refractivity contribution in [3.05, 3.63) is 29.6 Å². The van der Waals surface area contributed by atoms with E-state index in [1.165, 1.54) is 19.2 Å². The first kappa shape index (κ1) is 15.1. The van der Waals surface area contributed by atoms with Gasteiger partial charge in [-0.3, -0.25) is 9.59 Å². The first-order valence-corrected chi connectivity index (χ1v) is 5.84. The van der Waals surface area contributed by atoms with Crippen LogP contribution in [0, 0.1) is 11.2 Å². The fourth-order valence-electron chi connectivity index (χ4n) is 1.85. The summed E-state index contributed by atoms with van der Waals surface area (Å²) >= 11 is 0. The van der Waals surface area contributed by atoms with Gasteiger partial charge < -0.3 is 9.84 Å². The van der Waals surface area contributed by atoms with Gasteiger partial charge in [0, 0.05) is 12.0 Å². The second-order valence-electron chi connectivity index (χ2n) is 5.18. The molecular formula is C14H17FO4. The van der Waals surface area contributed by atoms with Gasteiger partial charge in [0.25, 0.3) is 0 Å². The van der Waals surface area contributed by atoms with Gasteiger partial charge in [-0.25, -0.2) is 4.39 Å². The number of carboxylic acids is 1. The van der Waals surface area contributed by atoms with E-state index in [0.717, 1.165) is 6.07 Å². The fourth-order valence-corrected chi connectivity index (χ4v) is 1.85. The number of methoxy groups -OCH3 is 1. The van der Waals surface area contributed by atoms with Gasteiger partial charge in [-0.05, 0) is 23.6 Å². The monoisotopic (exact) mass is 268 g/mol. The smallest absolute Gasteiger partial charge is 0.303 e. The molecule has 0 unspecified atom stereocenters. The van der Waals surface area contributed by atoms with Crippen molar-refractivity contribution in [2.45, 2.75) is 26.7 Å². The molecule has 0 saturated heterocycles. The van der Waals surface area contributed by atoms with E-state index in [1.54, 1.807) is 13.8 Å². The van der Waals surface area contributed by atoms with Crippen molar-refractivity contribution < 1.29 is 23.8 Å². The van der Waals surface area contributed by atoms with Crippen LogP contribution in [0.2, 0.25) is 0 Å². The van der Waals surface area contributed by atoms with Gasteiger partial charge in [-0.15, -0.1) is 0 Å². The summed E-state index contributed by atoms with van der Waals surface area (Å²) in [6, 6.07) is 3.96. The van der Waals surface area contributed by atoms with E-state index in [4.69, 9.17) is 9.84 Å². The zero-order chi connectivity index (χ0) is 14.6. The van der Waals surface area contributed by atoms with E-state index in [2.05, 4.69) is 0 Å². The van der Waals surface area contributed by atoms with Gasteiger partial charge in [-0.1, -0.05) is 13.8 Å². The number of carbonyl (C=O) groups excluding carboxylic acids is 1. The van der Waals surface area contributed by atoms with Gasteiger partial charge in [0.05, 0.1) is 13.5 Å². The molecular weight excluding hydrogens is 251 g/mol. The van der Waals surface area contributed by atoms with Crippen LogP contribution < -0.4 is 4.74 Å². The van der Waals surface area contributed by atoms with Gasteiger partial charge in [0.1, 0.15) is 0 Å². The van der Waals surface area contributed by atoms with Gasteiger partial charge in [0.2, 0.25) is 0 Å². The molecule has 0 aliphatic heterocycles. The number of halogens is 1. The number of Topliss-reactive ketones (excluding diaryl/α,β-unsaturated/α-hetero) is 1. The summed E-state index contributed by atoms with van der Waals surface area (Å²) in [5.74, 6) is -1.78. The highest BCUT2D eigenvalue weighted by Crippen LogP contribution is 2.28. The average molecular weight is 268 g/mol. The van der Waals surface area contributed by atoms with Crippen molar-refractivity contribution in [1.29, 1.82) is 0 Å². The number of rotatable bonds is 6. The maximum Gasteiger partial charge on any atom is 0.303 e. The molecule has 0 fully saturated rings. The van der Waals surface area contributed by atoms with Gasteiger partial charge in [0.15, 0.2) is 17.3 Å². The quantitative estimate of drug-likeness (QED) is 0.806. The molecule has 0 bridgehead atoms. The van der Waals surface area contributed by atoms with E-state index in [9.17, 15) is 14.0 Å². The summed E-state index contributed by atoms with van der Waals surface area (Å²) in [7, 11) is 1.34. The van der Waals surface area contributed by atoms with Crippen LogP contribution in [0.15, 0.2) is 18.2 Å². The van der Waals surface area contributed by atoms with Crippen molar-refractivity contribution in [1.82, 2.24) is 0 Å². The molecule has 0 radical (unpaired) electrons. The minimum Gasteiger partial charge on any atom is -0.494 e. The second-order valence-corrected chi connectivity index (χ2v) is 5.18. The van der Waals surface area contributed by atoms with Crippen molar-refractivity contribution >= 4 is 11.8 Å². The summed E-state index contributed by atoms with van der Waals surface area (Å²) in [5, 5.41) is 8.76. The largest absolute Gasteiger partial charge is 0.494 e. The number of ether oxygens (including phenoxy) is 1. The standard InChI is InChI=1S/C14H17FO4/c1-14(2,8-13(17)18)7-11(16)9-4-5-12(19-3)10(15)6-9/h4-6H,7-8H2,1-3H3,(H,17,18). The average Bonchev–Trinajstić information content (AvgIpc) is 2.26. The number of carbonyl (C=O) groups is 2. The van der Waals surface area contributed by atoms with Crippen LogP contribution in [0.4, 0.5) is 4.39 Å². The zero-order valence-corrected chi connectivity index (χ0v) is 11.2. The molecule has 0 heterocycles. The van der Waals surface area contributed by atoms with Crippen LogP contribution in [0.25, 0.3) is 0 Å². The lowest BCUT2D eigenvalue weighted by Crippen LogP contribution is -2.21. The maximum atomic E-state index is 13.5. The normalized spacial score (nSPS) is 11.2. The van der Waals surface area contributed by atoms with Crippen LogP contribution >= 0.6 is 0 Å². The number of benzene rings is 1. The van der Waals surface area contributed by atoms with Crippen LogP contribution in [0.1, 0.15) is 37.0 Å². The van der Waals surface area contributed by atoms with E-state index in [-0.39, 0.29) is 29.9 Å². The Kier molecular flexibility index (Phi) is 4.64. The number of carboxylic acid groups (broad SMARTS) is 1. The van der Waals surface area contributed by atoms with E-state index >= 15 is 0 Å². The minimum absolute atomic E-state index is 0.0467. The SMILES string of the molecule is COc1ccc(C(=O)CC(C)(C)CC(=O)O)cc1F. The first-order chi connectivity index (χ1) is 8.75. The third kappa shape index (κ3) is 4.35. The molecule has 1 rings (SSSR count). The molecule has 104 valence electrons. The maximum absolute atomic E-state index is 13.5. The van der Waals surface area contributed by atoms with Gasteiger partial charge in [-0.2, -0.15) is 0 Å². The van der Waals surface area contributed by atoms with Crippen LogP contribution in [-0.4, -0.2) is 24.0 Å². The molecule has 0 spiro atoms. The third-order valence-corrected chi connectivity index (χ3v) is 2.74. The fraction of sp³-hybridized carbons (Fsp3) is 0.429. The molecule has 0 aliphatic rings. The van der Waals surface area contributed by atoms with Crippen LogP contribution in [-0.2, 0) is 4.79 Å². The molecule has 0 amide bonds. The molecule has 1 aromatic rings. The number of aliphatic carboxylic acids is 1. The van der Waals surface area contributed by atoms with Crippen molar-refractivity contribution in [3.8, 4) is 5.75 Å². The Bertz CT molecular complexity index is 494. The van der Waals surface area contributed by atoms with Crippen molar-refractivity contribution in [2.24, 2.45) is 5.41 Å². The number of hydrogen-bond acceptors (Lipinski definition) is 3. The lowest BCUT2D eigenvalue weighted by atomic mass is 9.82. The zero-order valence-electron chi connectivity index (χ0n) is 11.2. The Hall–Kier alpha value is -1.91. The van der Waals surface area contributed by atoms with Crippen molar-refractivity contribution in [3.63, 3.8) is 0 Å². The second kappa shape index (κ2) is 5.82. The molecule has 1 N–H and O–H groups in total. The van der Waals surface area contributed by atoms with E-state index in [1.807, 2.05) is 0 Å². The highest BCUT2D eigenvalue weighted by Gasteiger charge is 2.26. The number of ketones is 1. The molecule has 0 aromatic heterocycles. The number of hydrogen-bond donors (Lipinski definition) is 1. The summed E-state index contributed by atoms with van der Waals surface area (Å²) in [4.78, 5) is 22.7. The molecule has 19 heavy (non-hydrogen) atoms. The Morgan fingerprint density at radius 1 is 1.32 bits per heavy atom. The summed E-state index contributed by atoms with van der Waals surface area (Å²) in [6.07, 6.45) is -0.0670. The predicted octanol–water partition coefficient (Wildman–Crippen LogP) is 2.91. The molecule has 1 aromatic carbocycles.